The fourth-order valence-electron chi connectivity index (χ4n) is 5.14. The number of benzene rings is 3. The van der Waals surface area contributed by atoms with Crippen LogP contribution in [0.15, 0.2) is 78.9 Å². The summed E-state index contributed by atoms with van der Waals surface area (Å²) in [4.78, 5) is 29.6. The largest absolute Gasteiger partial charge is 0.352 e. The number of rotatable bonds is 11. The molecule has 40 heavy (non-hydrogen) atoms. The van der Waals surface area contributed by atoms with Gasteiger partial charge in [-0.25, -0.2) is 8.42 Å². The van der Waals surface area contributed by atoms with Gasteiger partial charge in [-0.2, -0.15) is 0 Å². The molecule has 1 atom stereocenters. The van der Waals surface area contributed by atoms with Crippen LogP contribution in [0.2, 0.25) is 5.02 Å². The molecule has 3 aromatic carbocycles. The standard InChI is InChI=1S/C31H36ClN3O4S/c1-23-11-6-7-14-25(23)21-34(30(36)22-35(40(2,38)39)28-18-10-15-26(32)20-28)29(19-24-12-4-3-5-13-24)31(37)33-27-16-8-9-17-27/h3-7,10-15,18,20,27,29H,8-9,16-17,19,21-22H2,1-2H3,(H,33,37)/t29-/m0/s1. The zero-order valence-corrected chi connectivity index (χ0v) is 24.5. The van der Waals surface area contributed by atoms with Gasteiger partial charge >= 0.3 is 0 Å². The van der Waals surface area contributed by atoms with Crippen LogP contribution in [-0.2, 0) is 32.6 Å². The average molecular weight is 582 g/mol. The number of carbonyl (C=O) groups is 2. The fraction of sp³-hybridized carbons (Fsp3) is 0.355. The van der Waals surface area contributed by atoms with Crippen molar-refractivity contribution in [2.45, 2.75) is 57.7 Å². The maximum absolute atomic E-state index is 14.2. The predicted molar refractivity (Wildman–Crippen MR) is 160 cm³/mol. The summed E-state index contributed by atoms with van der Waals surface area (Å²) in [7, 11) is -3.84. The van der Waals surface area contributed by atoms with Gasteiger partial charge in [0.2, 0.25) is 21.8 Å². The quantitative estimate of drug-likeness (QED) is 0.341. The molecule has 1 aliphatic rings. The highest BCUT2D eigenvalue weighted by Crippen LogP contribution is 2.24. The van der Waals surface area contributed by atoms with Crippen molar-refractivity contribution >= 4 is 39.1 Å². The van der Waals surface area contributed by atoms with Crippen LogP contribution < -0.4 is 9.62 Å². The van der Waals surface area contributed by atoms with E-state index in [1.807, 2.05) is 61.5 Å². The van der Waals surface area contributed by atoms with Crippen LogP contribution in [0.25, 0.3) is 0 Å². The molecule has 2 amide bonds. The normalized spacial score (nSPS) is 14.5. The second-order valence-electron chi connectivity index (χ2n) is 10.4. The number of nitrogens with one attached hydrogen (secondary N) is 1. The number of halogens is 1. The molecular weight excluding hydrogens is 546 g/mol. The molecule has 0 aromatic heterocycles. The van der Waals surface area contributed by atoms with E-state index in [9.17, 15) is 18.0 Å². The van der Waals surface area contributed by atoms with E-state index < -0.39 is 28.5 Å². The second kappa shape index (κ2) is 13.3. The summed E-state index contributed by atoms with van der Waals surface area (Å²) < 4.78 is 26.8. The van der Waals surface area contributed by atoms with Gasteiger partial charge in [0.15, 0.2) is 0 Å². The van der Waals surface area contributed by atoms with Crippen molar-refractivity contribution in [1.82, 2.24) is 10.2 Å². The molecule has 0 spiro atoms. The van der Waals surface area contributed by atoms with Crippen molar-refractivity contribution in [3.05, 3.63) is 101 Å². The molecule has 0 unspecified atom stereocenters. The van der Waals surface area contributed by atoms with Gasteiger partial charge in [0.1, 0.15) is 12.6 Å². The van der Waals surface area contributed by atoms with E-state index in [-0.39, 0.29) is 24.2 Å². The predicted octanol–water partition coefficient (Wildman–Crippen LogP) is 5.11. The third-order valence-electron chi connectivity index (χ3n) is 7.35. The van der Waals surface area contributed by atoms with E-state index >= 15 is 0 Å². The van der Waals surface area contributed by atoms with Gasteiger partial charge in [0, 0.05) is 24.0 Å². The summed E-state index contributed by atoms with van der Waals surface area (Å²) in [5, 5.41) is 3.53. The molecule has 3 aromatic rings. The third kappa shape index (κ3) is 7.86. The van der Waals surface area contributed by atoms with Crippen LogP contribution >= 0.6 is 11.6 Å². The van der Waals surface area contributed by atoms with Gasteiger partial charge in [-0.3, -0.25) is 13.9 Å². The van der Waals surface area contributed by atoms with Crippen molar-refractivity contribution in [2.75, 3.05) is 17.1 Å². The summed E-state index contributed by atoms with van der Waals surface area (Å²) in [6.07, 6.45) is 5.29. The van der Waals surface area contributed by atoms with Gasteiger partial charge in [0.25, 0.3) is 0 Å². The minimum Gasteiger partial charge on any atom is -0.352 e. The summed E-state index contributed by atoms with van der Waals surface area (Å²) in [5.74, 6) is -0.706. The minimum absolute atomic E-state index is 0.0696. The molecule has 212 valence electrons. The van der Waals surface area contributed by atoms with Gasteiger partial charge in [0.05, 0.1) is 11.9 Å². The van der Waals surface area contributed by atoms with Crippen molar-refractivity contribution in [2.24, 2.45) is 0 Å². The number of anilines is 1. The first-order valence-electron chi connectivity index (χ1n) is 13.5. The molecule has 1 N–H and O–H groups in total. The highest BCUT2D eigenvalue weighted by molar-refractivity contribution is 7.92. The summed E-state index contributed by atoms with van der Waals surface area (Å²) in [5.41, 5.74) is 3.06. The zero-order chi connectivity index (χ0) is 28.7. The Morgan fingerprint density at radius 3 is 2.30 bits per heavy atom. The topological polar surface area (TPSA) is 86.8 Å². The maximum Gasteiger partial charge on any atom is 0.244 e. The number of nitrogens with zero attached hydrogens (tertiary/aromatic N) is 2. The first-order valence-corrected chi connectivity index (χ1v) is 15.8. The zero-order valence-electron chi connectivity index (χ0n) is 22.9. The minimum atomic E-state index is -3.84. The van der Waals surface area contributed by atoms with Crippen LogP contribution in [0.4, 0.5) is 5.69 Å². The molecule has 7 nitrogen and oxygen atoms in total. The fourth-order valence-corrected chi connectivity index (χ4v) is 6.16. The Morgan fingerprint density at radius 1 is 0.975 bits per heavy atom. The van der Waals surface area contributed by atoms with Crippen LogP contribution in [0.3, 0.4) is 0 Å². The van der Waals surface area contributed by atoms with E-state index in [2.05, 4.69) is 5.32 Å². The van der Waals surface area contributed by atoms with Crippen molar-refractivity contribution in [1.29, 1.82) is 0 Å². The van der Waals surface area contributed by atoms with Crippen LogP contribution in [-0.4, -0.2) is 50.0 Å². The molecule has 1 fully saturated rings. The molecule has 0 radical (unpaired) electrons. The van der Waals surface area contributed by atoms with Gasteiger partial charge < -0.3 is 10.2 Å². The molecule has 9 heteroatoms. The summed E-state index contributed by atoms with van der Waals surface area (Å²) in [6, 6.07) is 22.9. The summed E-state index contributed by atoms with van der Waals surface area (Å²) >= 11 is 6.16. The van der Waals surface area contributed by atoms with Crippen LogP contribution in [0.5, 0.6) is 0 Å². The number of hydrogen-bond donors (Lipinski definition) is 1. The molecular formula is C31H36ClN3O4S. The van der Waals surface area contributed by atoms with E-state index in [1.165, 1.54) is 11.0 Å². The van der Waals surface area contributed by atoms with Crippen LogP contribution in [0, 0.1) is 6.92 Å². The average Bonchev–Trinajstić information content (AvgIpc) is 3.43. The third-order valence-corrected chi connectivity index (χ3v) is 8.73. The smallest absolute Gasteiger partial charge is 0.244 e. The lowest BCUT2D eigenvalue weighted by atomic mass is 10.0. The molecule has 4 rings (SSSR count). The number of carbonyl (C=O) groups excluding carboxylic acids is 2. The first-order chi connectivity index (χ1) is 19.1. The maximum atomic E-state index is 14.2. The molecule has 1 aliphatic carbocycles. The molecule has 1 saturated carbocycles. The Morgan fingerprint density at radius 2 is 1.65 bits per heavy atom. The molecule has 0 aliphatic heterocycles. The second-order valence-corrected chi connectivity index (χ2v) is 12.7. The Bertz CT molecular complexity index is 1430. The molecule has 0 heterocycles. The van der Waals surface area contributed by atoms with E-state index in [4.69, 9.17) is 11.6 Å². The lowest BCUT2D eigenvalue weighted by molar-refractivity contribution is -0.140. The molecule has 0 bridgehead atoms. The van der Waals surface area contributed by atoms with Crippen LogP contribution in [0.1, 0.15) is 42.4 Å². The number of amides is 2. The van der Waals surface area contributed by atoms with E-state index in [0.717, 1.165) is 52.9 Å². The molecule has 0 saturated heterocycles. The van der Waals surface area contributed by atoms with Crippen molar-refractivity contribution < 1.29 is 18.0 Å². The van der Waals surface area contributed by atoms with Gasteiger partial charge in [-0.15, -0.1) is 0 Å². The van der Waals surface area contributed by atoms with Gasteiger partial charge in [-0.05, 0) is 54.7 Å². The Balaban J connectivity index is 1.73. The number of hydrogen-bond acceptors (Lipinski definition) is 4. The number of sulfonamides is 1. The Labute approximate surface area is 242 Å². The van der Waals surface area contributed by atoms with E-state index in [1.54, 1.807) is 18.2 Å². The highest BCUT2D eigenvalue weighted by atomic mass is 35.5. The highest BCUT2D eigenvalue weighted by Gasteiger charge is 2.34. The summed E-state index contributed by atoms with van der Waals surface area (Å²) in [6.45, 7) is 1.65. The lowest BCUT2D eigenvalue weighted by Crippen LogP contribution is -2.54. The van der Waals surface area contributed by atoms with Gasteiger partial charge in [-0.1, -0.05) is 85.1 Å². The Hall–Kier alpha value is -3.36. The first kappa shape index (κ1) is 29.6. The SMILES string of the molecule is Cc1ccccc1CN(C(=O)CN(c1cccc(Cl)c1)S(C)(=O)=O)[C@@H](Cc1ccccc1)C(=O)NC1CCCC1. The van der Waals surface area contributed by atoms with Crippen molar-refractivity contribution in [3.8, 4) is 0 Å². The number of aryl methyl sites for hydroxylation is 1. The Kier molecular flexibility index (Phi) is 9.87. The van der Waals surface area contributed by atoms with Crippen molar-refractivity contribution in [3.63, 3.8) is 0 Å². The van der Waals surface area contributed by atoms with E-state index in [0.29, 0.717) is 11.4 Å². The lowest BCUT2D eigenvalue weighted by Gasteiger charge is -2.34. The monoisotopic (exact) mass is 581 g/mol.